The lowest BCUT2D eigenvalue weighted by molar-refractivity contribution is 0.595. The summed E-state index contributed by atoms with van der Waals surface area (Å²) in [6.07, 6.45) is 0. The number of anilines is 1. The van der Waals surface area contributed by atoms with Crippen LogP contribution < -0.4 is 11.5 Å². The van der Waals surface area contributed by atoms with E-state index in [4.69, 9.17) is 11.5 Å². The maximum atomic E-state index is 12.9. The standard InChI is InChI=1S/C8H11FN2/c1-5(10)8-6(9)3-2-4-7(8)11/h2-5H,10-11H2,1H3/t5-/m0/s1. The second-order valence-corrected chi connectivity index (χ2v) is 2.53. The van der Waals surface area contributed by atoms with Gasteiger partial charge in [-0.25, -0.2) is 4.39 Å². The predicted octanol–water partition coefficient (Wildman–Crippen LogP) is 1.43. The van der Waals surface area contributed by atoms with E-state index in [1.54, 1.807) is 19.1 Å². The molecule has 3 heteroatoms. The Labute approximate surface area is 65.0 Å². The SMILES string of the molecule is C[C@H](N)c1c(N)cccc1F. The van der Waals surface area contributed by atoms with E-state index in [0.717, 1.165) is 0 Å². The van der Waals surface area contributed by atoms with Crippen molar-refractivity contribution in [3.05, 3.63) is 29.6 Å². The first kappa shape index (κ1) is 8.01. The zero-order chi connectivity index (χ0) is 8.43. The van der Waals surface area contributed by atoms with Gasteiger partial charge in [-0.3, -0.25) is 0 Å². The van der Waals surface area contributed by atoms with Crippen LogP contribution in [-0.4, -0.2) is 0 Å². The Bertz CT molecular complexity index is 238. The molecular weight excluding hydrogens is 143 g/mol. The van der Waals surface area contributed by atoms with Gasteiger partial charge in [0.2, 0.25) is 0 Å². The van der Waals surface area contributed by atoms with Gasteiger partial charge in [0.15, 0.2) is 0 Å². The van der Waals surface area contributed by atoms with Crippen molar-refractivity contribution >= 4 is 5.69 Å². The molecule has 0 heterocycles. The summed E-state index contributed by atoms with van der Waals surface area (Å²) in [5, 5.41) is 0. The van der Waals surface area contributed by atoms with Gasteiger partial charge in [0.1, 0.15) is 5.82 Å². The Morgan fingerprint density at radius 3 is 2.45 bits per heavy atom. The third-order valence-corrected chi connectivity index (χ3v) is 1.54. The molecule has 0 saturated carbocycles. The van der Waals surface area contributed by atoms with Crippen LogP contribution in [0.1, 0.15) is 18.5 Å². The van der Waals surface area contributed by atoms with E-state index < -0.39 is 0 Å². The van der Waals surface area contributed by atoms with Crippen molar-refractivity contribution in [2.45, 2.75) is 13.0 Å². The Morgan fingerprint density at radius 1 is 1.45 bits per heavy atom. The molecule has 0 radical (unpaired) electrons. The fraction of sp³-hybridized carbons (Fsp3) is 0.250. The predicted molar refractivity (Wildman–Crippen MR) is 43.4 cm³/mol. The number of rotatable bonds is 1. The van der Waals surface area contributed by atoms with Crippen molar-refractivity contribution < 1.29 is 4.39 Å². The quantitative estimate of drug-likeness (QED) is 0.601. The largest absolute Gasteiger partial charge is 0.398 e. The van der Waals surface area contributed by atoms with Crippen LogP contribution in [0.4, 0.5) is 10.1 Å². The Balaban J connectivity index is 3.21. The van der Waals surface area contributed by atoms with Crippen molar-refractivity contribution in [1.82, 2.24) is 0 Å². The molecule has 1 rings (SSSR count). The van der Waals surface area contributed by atoms with Crippen molar-refractivity contribution in [1.29, 1.82) is 0 Å². The summed E-state index contributed by atoms with van der Waals surface area (Å²) in [5.41, 5.74) is 11.8. The number of benzene rings is 1. The smallest absolute Gasteiger partial charge is 0.130 e. The van der Waals surface area contributed by atoms with Crippen LogP contribution in [0.3, 0.4) is 0 Å². The van der Waals surface area contributed by atoms with Gasteiger partial charge < -0.3 is 11.5 Å². The highest BCUT2D eigenvalue weighted by atomic mass is 19.1. The van der Waals surface area contributed by atoms with Crippen LogP contribution in [0.5, 0.6) is 0 Å². The zero-order valence-corrected chi connectivity index (χ0v) is 6.34. The van der Waals surface area contributed by atoms with Crippen LogP contribution in [-0.2, 0) is 0 Å². The third-order valence-electron chi connectivity index (χ3n) is 1.54. The van der Waals surface area contributed by atoms with Gasteiger partial charge in [-0.15, -0.1) is 0 Å². The van der Waals surface area contributed by atoms with Gasteiger partial charge in [-0.2, -0.15) is 0 Å². The number of nitrogen functional groups attached to an aromatic ring is 1. The average molecular weight is 154 g/mol. The lowest BCUT2D eigenvalue weighted by atomic mass is 10.1. The minimum Gasteiger partial charge on any atom is -0.398 e. The van der Waals surface area contributed by atoms with Crippen LogP contribution in [0.2, 0.25) is 0 Å². The molecule has 2 nitrogen and oxygen atoms in total. The van der Waals surface area contributed by atoms with Gasteiger partial charge in [0.25, 0.3) is 0 Å². The molecular formula is C8H11FN2. The molecule has 0 amide bonds. The Hall–Kier alpha value is -1.09. The summed E-state index contributed by atoms with van der Waals surface area (Å²) in [6.45, 7) is 1.70. The molecule has 0 saturated heterocycles. The first-order valence-electron chi connectivity index (χ1n) is 3.42. The van der Waals surface area contributed by atoms with Crippen molar-refractivity contribution in [3.63, 3.8) is 0 Å². The fourth-order valence-corrected chi connectivity index (χ4v) is 1.03. The van der Waals surface area contributed by atoms with Gasteiger partial charge in [0, 0.05) is 17.3 Å². The molecule has 0 fully saturated rings. The fourth-order valence-electron chi connectivity index (χ4n) is 1.03. The van der Waals surface area contributed by atoms with Crippen LogP contribution in [0, 0.1) is 5.82 Å². The van der Waals surface area contributed by atoms with E-state index in [1.807, 2.05) is 0 Å². The molecule has 0 aliphatic rings. The monoisotopic (exact) mass is 154 g/mol. The highest BCUT2D eigenvalue weighted by Crippen LogP contribution is 2.20. The number of halogens is 1. The van der Waals surface area contributed by atoms with Crippen molar-refractivity contribution in [3.8, 4) is 0 Å². The van der Waals surface area contributed by atoms with E-state index >= 15 is 0 Å². The van der Waals surface area contributed by atoms with Crippen LogP contribution in [0.25, 0.3) is 0 Å². The van der Waals surface area contributed by atoms with Crippen LogP contribution >= 0.6 is 0 Å². The highest BCUT2D eigenvalue weighted by Gasteiger charge is 2.08. The van der Waals surface area contributed by atoms with Gasteiger partial charge >= 0.3 is 0 Å². The molecule has 0 aliphatic heterocycles. The van der Waals surface area contributed by atoms with Crippen LogP contribution in [0.15, 0.2) is 18.2 Å². The molecule has 1 atom stereocenters. The molecule has 11 heavy (non-hydrogen) atoms. The summed E-state index contributed by atoms with van der Waals surface area (Å²) in [4.78, 5) is 0. The maximum absolute atomic E-state index is 12.9. The molecule has 4 N–H and O–H groups in total. The molecule has 0 aromatic heterocycles. The van der Waals surface area contributed by atoms with Crippen molar-refractivity contribution in [2.24, 2.45) is 5.73 Å². The lowest BCUT2D eigenvalue weighted by Crippen LogP contribution is -2.10. The molecule has 0 bridgehead atoms. The molecule has 0 unspecified atom stereocenters. The lowest BCUT2D eigenvalue weighted by Gasteiger charge is -2.09. The Morgan fingerprint density at radius 2 is 2.09 bits per heavy atom. The van der Waals surface area contributed by atoms with E-state index in [-0.39, 0.29) is 11.9 Å². The summed E-state index contributed by atoms with van der Waals surface area (Å²) < 4.78 is 12.9. The average Bonchev–Trinajstić information content (AvgIpc) is 1.85. The van der Waals surface area contributed by atoms with E-state index in [0.29, 0.717) is 11.3 Å². The minimum atomic E-state index is -0.351. The summed E-state index contributed by atoms with van der Waals surface area (Å²) in [6, 6.07) is 4.21. The second kappa shape index (κ2) is 2.88. The van der Waals surface area contributed by atoms with Gasteiger partial charge in [-0.05, 0) is 19.1 Å². The molecule has 0 aliphatic carbocycles. The molecule has 60 valence electrons. The summed E-state index contributed by atoms with van der Waals surface area (Å²) in [5.74, 6) is -0.333. The minimum absolute atomic E-state index is 0.333. The highest BCUT2D eigenvalue weighted by molar-refractivity contribution is 5.48. The van der Waals surface area contributed by atoms with E-state index in [9.17, 15) is 4.39 Å². The third kappa shape index (κ3) is 1.49. The first-order chi connectivity index (χ1) is 5.13. The van der Waals surface area contributed by atoms with Gasteiger partial charge in [-0.1, -0.05) is 6.07 Å². The number of hydrogen-bond acceptors (Lipinski definition) is 2. The molecule has 0 spiro atoms. The second-order valence-electron chi connectivity index (χ2n) is 2.53. The summed E-state index contributed by atoms with van der Waals surface area (Å²) >= 11 is 0. The van der Waals surface area contributed by atoms with Crippen molar-refractivity contribution in [2.75, 3.05) is 5.73 Å². The molecule has 1 aromatic rings. The molecule has 1 aromatic carbocycles. The number of nitrogens with two attached hydrogens (primary N) is 2. The number of hydrogen-bond donors (Lipinski definition) is 2. The topological polar surface area (TPSA) is 52.0 Å². The Kier molecular flexibility index (Phi) is 2.10. The van der Waals surface area contributed by atoms with E-state index in [2.05, 4.69) is 0 Å². The van der Waals surface area contributed by atoms with Gasteiger partial charge in [0.05, 0.1) is 0 Å². The zero-order valence-electron chi connectivity index (χ0n) is 6.34. The first-order valence-corrected chi connectivity index (χ1v) is 3.42. The normalized spacial score (nSPS) is 13.0. The summed E-state index contributed by atoms with van der Waals surface area (Å²) in [7, 11) is 0. The maximum Gasteiger partial charge on any atom is 0.130 e. The van der Waals surface area contributed by atoms with E-state index in [1.165, 1.54) is 6.07 Å².